The number of amides is 1. The monoisotopic (exact) mass is 243 g/mol. The average Bonchev–Trinajstić information content (AvgIpc) is 2.70. The summed E-state index contributed by atoms with van der Waals surface area (Å²) in [5, 5.41) is 0. The first kappa shape index (κ1) is 11.8. The van der Waals surface area contributed by atoms with E-state index in [1.807, 2.05) is 11.0 Å². The summed E-state index contributed by atoms with van der Waals surface area (Å²) in [4.78, 5) is 14.1. The largest absolute Gasteiger partial charge is 0.312 e. The molecule has 3 aliphatic rings. The first-order valence-corrected chi connectivity index (χ1v) is 7.00. The number of piperidine rings is 1. The van der Waals surface area contributed by atoms with E-state index in [0.29, 0.717) is 18.9 Å². The summed E-state index contributed by atoms with van der Waals surface area (Å²) in [6.45, 7) is 8.76. The van der Waals surface area contributed by atoms with Crippen molar-refractivity contribution < 1.29 is 4.79 Å². The Kier molecular flexibility index (Phi) is 2.69. The van der Waals surface area contributed by atoms with Crippen LogP contribution in [0.2, 0.25) is 0 Å². The molecule has 2 fully saturated rings. The molecule has 2 atom stereocenters. The van der Waals surface area contributed by atoms with Crippen molar-refractivity contribution in [2.45, 2.75) is 38.5 Å². The lowest BCUT2D eigenvalue weighted by atomic mass is 9.63. The van der Waals surface area contributed by atoms with Gasteiger partial charge in [0.15, 0.2) is 0 Å². The van der Waals surface area contributed by atoms with E-state index in [2.05, 4.69) is 19.2 Å². The standard InChI is InChI=1S/C16H21NO/c1-3-11-17-14-6-4-5-13-8-7-12(2)16(13,14)10-9-15(17)18/h3,6,13H,1-2,4-5,7-11H2/t13-,16+/m1/s1. The van der Waals surface area contributed by atoms with E-state index < -0.39 is 0 Å². The second-order valence-corrected chi connectivity index (χ2v) is 5.77. The van der Waals surface area contributed by atoms with Gasteiger partial charge in [0.1, 0.15) is 0 Å². The summed E-state index contributed by atoms with van der Waals surface area (Å²) in [5.74, 6) is 0.970. The van der Waals surface area contributed by atoms with Crippen LogP contribution < -0.4 is 0 Å². The zero-order chi connectivity index (χ0) is 12.8. The van der Waals surface area contributed by atoms with Gasteiger partial charge in [0.25, 0.3) is 0 Å². The van der Waals surface area contributed by atoms with Crippen molar-refractivity contribution >= 4 is 5.91 Å². The molecule has 0 aromatic carbocycles. The maximum Gasteiger partial charge on any atom is 0.227 e. The second-order valence-electron chi connectivity index (χ2n) is 5.77. The number of allylic oxidation sites excluding steroid dienone is 2. The molecule has 18 heavy (non-hydrogen) atoms. The van der Waals surface area contributed by atoms with E-state index >= 15 is 0 Å². The van der Waals surface area contributed by atoms with Crippen LogP contribution in [0.5, 0.6) is 0 Å². The quantitative estimate of drug-likeness (QED) is 0.680. The Morgan fingerprint density at radius 3 is 3.06 bits per heavy atom. The Hall–Kier alpha value is -1.31. The fourth-order valence-corrected chi connectivity index (χ4v) is 4.25. The van der Waals surface area contributed by atoms with Gasteiger partial charge in [-0.05, 0) is 38.0 Å². The molecule has 3 rings (SSSR count). The van der Waals surface area contributed by atoms with Gasteiger partial charge in [0.2, 0.25) is 5.91 Å². The highest BCUT2D eigenvalue weighted by atomic mass is 16.2. The summed E-state index contributed by atoms with van der Waals surface area (Å²) in [6.07, 6.45) is 10.5. The lowest BCUT2D eigenvalue weighted by Gasteiger charge is -2.49. The highest BCUT2D eigenvalue weighted by Crippen LogP contribution is 2.60. The number of hydrogen-bond acceptors (Lipinski definition) is 1. The summed E-state index contributed by atoms with van der Waals surface area (Å²) in [7, 11) is 0. The molecule has 2 aliphatic carbocycles. The van der Waals surface area contributed by atoms with Crippen molar-refractivity contribution in [3.8, 4) is 0 Å². The average molecular weight is 243 g/mol. The van der Waals surface area contributed by atoms with Gasteiger partial charge >= 0.3 is 0 Å². The van der Waals surface area contributed by atoms with Crippen molar-refractivity contribution in [1.82, 2.24) is 4.90 Å². The molecule has 0 radical (unpaired) electrons. The second kappa shape index (κ2) is 4.11. The summed E-state index contributed by atoms with van der Waals surface area (Å²) < 4.78 is 0. The van der Waals surface area contributed by atoms with Crippen LogP contribution in [0.3, 0.4) is 0 Å². The van der Waals surface area contributed by atoms with Crippen LogP contribution in [0, 0.1) is 11.3 Å². The molecular formula is C16H21NO. The number of likely N-dealkylation sites (tertiary alicyclic amines) is 1. The Bertz CT molecular complexity index is 448. The van der Waals surface area contributed by atoms with Gasteiger partial charge in [-0.15, -0.1) is 6.58 Å². The molecule has 0 aromatic heterocycles. The molecule has 1 aliphatic heterocycles. The van der Waals surface area contributed by atoms with Gasteiger partial charge in [0, 0.05) is 24.1 Å². The predicted molar refractivity (Wildman–Crippen MR) is 72.8 cm³/mol. The van der Waals surface area contributed by atoms with Crippen molar-refractivity contribution in [3.63, 3.8) is 0 Å². The Balaban J connectivity index is 2.06. The molecule has 0 N–H and O–H groups in total. The molecule has 1 spiro atoms. The fourth-order valence-electron chi connectivity index (χ4n) is 4.25. The van der Waals surface area contributed by atoms with E-state index in [9.17, 15) is 4.79 Å². The minimum atomic E-state index is 0.120. The van der Waals surface area contributed by atoms with E-state index in [1.54, 1.807) is 0 Å². The number of carbonyl (C=O) groups is 1. The Morgan fingerprint density at radius 2 is 2.28 bits per heavy atom. The van der Waals surface area contributed by atoms with Crippen LogP contribution in [-0.2, 0) is 4.79 Å². The summed E-state index contributed by atoms with van der Waals surface area (Å²) in [6, 6.07) is 0. The minimum absolute atomic E-state index is 0.120. The lowest BCUT2D eigenvalue weighted by Crippen LogP contribution is -2.48. The predicted octanol–water partition coefficient (Wildman–Crippen LogP) is 3.43. The highest BCUT2D eigenvalue weighted by Gasteiger charge is 2.53. The number of nitrogens with zero attached hydrogens (tertiary/aromatic N) is 1. The minimum Gasteiger partial charge on any atom is -0.312 e. The topological polar surface area (TPSA) is 20.3 Å². The molecule has 0 aromatic rings. The summed E-state index contributed by atoms with van der Waals surface area (Å²) >= 11 is 0. The molecule has 0 bridgehead atoms. The van der Waals surface area contributed by atoms with Crippen LogP contribution in [0.1, 0.15) is 38.5 Å². The van der Waals surface area contributed by atoms with Crippen LogP contribution in [0.15, 0.2) is 36.6 Å². The SMILES string of the molecule is C=CCN1C(=O)CC[C@]23C(=C)CC[C@H]2CCC=C13. The van der Waals surface area contributed by atoms with Gasteiger partial charge in [0.05, 0.1) is 0 Å². The van der Waals surface area contributed by atoms with E-state index in [4.69, 9.17) is 0 Å². The zero-order valence-corrected chi connectivity index (χ0v) is 11.0. The van der Waals surface area contributed by atoms with Crippen LogP contribution in [0.4, 0.5) is 0 Å². The molecule has 2 nitrogen and oxygen atoms in total. The fraction of sp³-hybridized carbons (Fsp3) is 0.562. The van der Waals surface area contributed by atoms with E-state index in [0.717, 1.165) is 19.3 Å². The molecule has 1 amide bonds. The summed E-state index contributed by atoms with van der Waals surface area (Å²) in [5.41, 5.74) is 2.73. The molecule has 1 saturated heterocycles. The third kappa shape index (κ3) is 1.38. The Morgan fingerprint density at radius 1 is 1.44 bits per heavy atom. The maximum atomic E-state index is 12.1. The van der Waals surface area contributed by atoms with Crippen LogP contribution >= 0.6 is 0 Å². The maximum absolute atomic E-state index is 12.1. The molecule has 96 valence electrons. The van der Waals surface area contributed by atoms with Crippen molar-refractivity contribution in [1.29, 1.82) is 0 Å². The van der Waals surface area contributed by atoms with Crippen molar-refractivity contribution in [3.05, 3.63) is 36.6 Å². The third-order valence-electron chi connectivity index (χ3n) is 5.07. The number of hydrogen-bond donors (Lipinski definition) is 0. The lowest BCUT2D eigenvalue weighted by molar-refractivity contribution is -0.133. The molecule has 0 unspecified atom stereocenters. The van der Waals surface area contributed by atoms with Crippen LogP contribution in [0.25, 0.3) is 0 Å². The normalized spacial score (nSPS) is 35.0. The van der Waals surface area contributed by atoms with Gasteiger partial charge in [-0.2, -0.15) is 0 Å². The highest BCUT2D eigenvalue weighted by molar-refractivity contribution is 5.80. The van der Waals surface area contributed by atoms with Crippen LogP contribution in [-0.4, -0.2) is 17.4 Å². The molecule has 2 heteroatoms. The first-order chi connectivity index (χ1) is 8.70. The molecule has 1 saturated carbocycles. The van der Waals surface area contributed by atoms with Crippen molar-refractivity contribution in [2.75, 3.05) is 6.54 Å². The van der Waals surface area contributed by atoms with E-state index in [-0.39, 0.29) is 11.3 Å². The number of rotatable bonds is 2. The molecular weight excluding hydrogens is 222 g/mol. The van der Waals surface area contributed by atoms with Gasteiger partial charge in [-0.25, -0.2) is 0 Å². The Labute approximate surface area is 109 Å². The smallest absolute Gasteiger partial charge is 0.227 e. The van der Waals surface area contributed by atoms with E-state index in [1.165, 1.54) is 24.1 Å². The zero-order valence-electron chi connectivity index (χ0n) is 11.0. The van der Waals surface area contributed by atoms with Gasteiger partial charge in [-0.3, -0.25) is 4.79 Å². The number of carbonyl (C=O) groups excluding carboxylic acids is 1. The molecule has 1 heterocycles. The first-order valence-electron chi connectivity index (χ1n) is 7.00. The van der Waals surface area contributed by atoms with Gasteiger partial charge in [-0.1, -0.05) is 24.3 Å². The van der Waals surface area contributed by atoms with Crippen molar-refractivity contribution in [2.24, 2.45) is 11.3 Å². The third-order valence-corrected chi connectivity index (χ3v) is 5.07. The van der Waals surface area contributed by atoms with Gasteiger partial charge < -0.3 is 4.90 Å².